The summed E-state index contributed by atoms with van der Waals surface area (Å²) in [7, 11) is 0. The largest absolute Gasteiger partial charge is 0.481 e. The van der Waals surface area contributed by atoms with Crippen LogP contribution in [0.4, 0.5) is 4.79 Å². The lowest BCUT2D eigenvalue weighted by atomic mass is 10.1. The number of carboxylic acid groups (broad SMARTS) is 2. The molecule has 1 aliphatic rings. The Morgan fingerprint density at radius 2 is 1.79 bits per heavy atom. The Morgan fingerprint density at radius 1 is 1.21 bits per heavy atom. The first-order valence-electron chi connectivity index (χ1n) is 6.08. The van der Waals surface area contributed by atoms with Crippen LogP contribution in [0.1, 0.15) is 25.7 Å². The summed E-state index contributed by atoms with van der Waals surface area (Å²) < 4.78 is 0. The van der Waals surface area contributed by atoms with Crippen LogP contribution in [0, 0.1) is 0 Å². The molecule has 1 aliphatic heterocycles. The minimum atomic E-state index is -1.26. The Kier molecular flexibility index (Phi) is 5.56. The molecule has 1 saturated heterocycles. The van der Waals surface area contributed by atoms with Crippen molar-refractivity contribution in [3.63, 3.8) is 0 Å². The molecule has 0 spiro atoms. The molecule has 0 aromatic carbocycles. The summed E-state index contributed by atoms with van der Waals surface area (Å²) in [4.78, 5) is 34.5. The van der Waals surface area contributed by atoms with E-state index < -0.39 is 30.1 Å². The number of amides is 2. The van der Waals surface area contributed by atoms with Crippen LogP contribution in [-0.4, -0.2) is 63.4 Å². The van der Waals surface area contributed by atoms with E-state index in [9.17, 15) is 19.5 Å². The van der Waals surface area contributed by atoms with Crippen molar-refractivity contribution in [3.8, 4) is 0 Å². The standard InChI is InChI=1S/C11H18N2O6/c14-7-3-5-13(6-4-7)11(19)12-8(10(17)18)1-2-9(15)16/h7-8,14H,1-6H2,(H,12,19)(H,15,16)(H,17,18)/t8-/m0/s1. The van der Waals surface area contributed by atoms with E-state index in [-0.39, 0.29) is 12.8 Å². The van der Waals surface area contributed by atoms with Crippen molar-refractivity contribution in [3.05, 3.63) is 0 Å². The molecular weight excluding hydrogens is 256 g/mol. The number of likely N-dealkylation sites (tertiary alicyclic amines) is 1. The summed E-state index contributed by atoms with van der Waals surface area (Å²) in [5.74, 6) is -2.37. The minimum absolute atomic E-state index is 0.160. The highest BCUT2D eigenvalue weighted by Crippen LogP contribution is 2.10. The molecule has 8 heteroatoms. The molecule has 4 N–H and O–H groups in total. The van der Waals surface area contributed by atoms with E-state index in [1.165, 1.54) is 4.90 Å². The number of rotatable bonds is 5. The third-order valence-corrected chi connectivity index (χ3v) is 2.99. The molecule has 0 unspecified atom stereocenters. The molecule has 0 radical (unpaired) electrons. The Labute approximate surface area is 110 Å². The number of carbonyl (C=O) groups excluding carboxylic acids is 1. The molecule has 1 rings (SSSR count). The molecule has 108 valence electrons. The van der Waals surface area contributed by atoms with Gasteiger partial charge < -0.3 is 25.5 Å². The number of carbonyl (C=O) groups is 3. The first-order valence-corrected chi connectivity index (χ1v) is 6.08. The normalized spacial score (nSPS) is 17.8. The summed E-state index contributed by atoms with van der Waals surface area (Å²) in [5.41, 5.74) is 0. The van der Waals surface area contributed by atoms with E-state index in [4.69, 9.17) is 10.2 Å². The molecule has 2 amide bonds. The van der Waals surface area contributed by atoms with E-state index in [0.717, 1.165) is 0 Å². The zero-order valence-corrected chi connectivity index (χ0v) is 10.4. The van der Waals surface area contributed by atoms with Gasteiger partial charge in [0.25, 0.3) is 0 Å². The predicted molar refractivity (Wildman–Crippen MR) is 63.6 cm³/mol. The maximum atomic E-state index is 11.8. The number of nitrogens with one attached hydrogen (secondary N) is 1. The summed E-state index contributed by atoms with van der Waals surface area (Å²) in [5, 5.41) is 29.0. The molecule has 0 aromatic rings. The number of aliphatic hydroxyl groups is 1. The van der Waals surface area contributed by atoms with Crippen LogP contribution in [0.5, 0.6) is 0 Å². The highest BCUT2D eigenvalue weighted by molar-refractivity contribution is 5.83. The lowest BCUT2D eigenvalue weighted by molar-refractivity contribution is -0.140. The summed E-state index contributed by atoms with van der Waals surface area (Å²) >= 11 is 0. The zero-order chi connectivity index (χ0) is 14.4. The van der Waals surface area contributed by atoms with E-state index in [1.54, 1.807) is 0 Å². The molecule has 1 fully saturated rings. The van der Waals surface area contributed by atoms with Gasteiger partial charge in [-0.1, -0.05) is 0 Å². The van der Waals surface area contributed by atoms with Crippen LogP contribution >= 0.6 is 0 Å². The fourth-order valence-corrected chi connectivity index (χ4v) is 1.83. The molecule has 1 heterocycles. The lowest BCUT2D eigenvalue weighted by Gasteiger charge is -2.30. The van der Waals surface area contributed by atoms with Gasteiger partial charge >= 0.3 is 18.0 Å². The van der Waals surface area contributed by atoms with Crippen LogP contribution in [0.25, 0.3) is 0 Å². The fraction of sp³-hybridized carbons (Fsp3) is 0.727. The van der Waals surface area contributed by atoms with Crippen molar-refractivity contribution < 1.29 is 29.7 Å². The highest BCUT2D eigenvalue weighted by atomic mass is 16.4. The van der Waals surface area contributed by atoms with Crippen molar-refractivity contribution in [2.75, 3.05) is 13.1 Å². The third kappa shape index (κ3) is 5.12. The predicted octanol–water partition coefficient (Wildman–Crippen LogP) is -0.529. The monoisotopic (exact) mass is 274 g/mol. The Hall–Kier alpha value is -1.83. The molecule has 0 aromatic heterocycles. The summed E-state index contributed by atoms with van der Waals surface area (Å²) in [6, 6.07) is -1.75. The molecule has 0 saturated carbocycles. The molecule has 1 atom stereocenters. The van der Waals surface area contributed by atoms with Gasteiger partial charge in [-0.05, 0) is 19.3 Å². The van der Waals surface area contributed by atoms with Crippen molar-refractivity contribution in [2.24, 2.45) is 0 Å². The SMILES string of the molecule is O=C(O)CC[C@H](NC(=O)N1CCC(O)CC1)C(=O)O. The van der Waals surface area contributed by atoms with Gasteiger partial charge in [0.05, 0.1) is 6.10 Å². The molecule has 0 bridgehead atoms. The number of urea groups is 1. The summed E-state index contributed by atoms with van der Waals surface area (Å²) in [6.07, 6.45) is 0.00924. The number of nitrogens with zero attached hydrogens (tertiary/aromatic N) is 1. The van der Waals surface area contributed by atoms with Gasteiger partial charge in [-0.25, -0.2) is 9.59 Å². The number of hydrogen-bond acceptors (Lipinski definition) is 4. The number of hydrogen-bond donors (Lipinski definition) is 4. The van der Waals surface area contributed by atoms with E-state index in [1.807, 2.05) is 0 Å². The second-order valence-corrected chi connectivity index (χ2v) is 4.49. The van der Waals surface area contributed by atoms with Crippen molar-refractivity contribution in [1.29, 1.82) is 0 Å². The molecular formula is C11H18N2O6. The maximum Gasteiger partial charge on any atom is 0.326 e. The third-order valence-electron chi connectivity index (χ3n) is 2.99. The topological polar surface area (TPSA) is 127 Å². The van der Waals surface area contributed by atoms with Gasteiger partial charge in [-0.3, -0.25) is 4.79 Å². The van der Waals surface area contributed by atoms with Gasteiger partial charge in [-0.2, -0.15) is 0 Å². The first-order chi connectivity index (χ1) is 8.90. The summed E-state index contributed by atoms with van der Waals surface area (Å²) in [6.45, 7) is 0.719. The van der Waals surface area contributed by atoms with Gasteiger partial charge in [0.15, 0.2) is 0 Å². The van der Waals surface area contributed by atoms with Crippen LogP contribution in [0.15, 0.2) is 0 Å². The fourth-order valence-electron chi connectivity index (χ4n) is 1.83. The molecule has 8 nitrogen and oxygen atoms in total. The van der Waals surface area contributed by atoms with Crippen LogP contribution in [0.3, 0.4) is 0 Å². The van der Waals surface area contributed by atoms with Crippen molar-refractivity contribution in [1.82, 2.24) is 10.2 Å². The van der Waals surface area contributed by atoms with Crippen LogP contribution < -0.4 is 5.32 Å². The smallest absolute Gasteiger partial charge is 0.326 e. The first kappa shape index (κ1) is 15.2. The van der Waals surface area contributed by atoms with Gasteiger partial charge in [0.2, 0.25) is 0 Å². The van der Waals surface area contributed by atoms with E-state index in [0.29, 0.717) is 25.9 Å². The number of carboxylic acids is 2. The average molecular weight is 274 g/mol. The highest BCUT2D eigenvalue weighted by Gasteiger charge is 2.26. The zero-order valence-electron chi connectivity index (χ0n) is 10.4. The minimum Gasteiger partial charge on any atom is -0.481 e. The van der Waals surface area contributed by atoms with Gasteiger partial charge in [-0.15, -0.1) is 0 Å². The quantitative estimate of drug-likeness (QED) is 0.533. The lowest BCUT2D eigenvalue weighted by Crippen LogP contribution is -2.50. The Bertz CT molecular complexity index is 351. The number of aliphatic hydroxyl groups excluding tert-OH is 1. The molecule has 19 heavy (non-hydrogen) atoms. The second kappa shape index (κ2) is 6.93. The van der Waals surface area contributed by atoms with Crippen LogP contribution in [0.2, 0.25) is 0 Å². The van der Waals surface area contributed by atoms with Crippen molar-refractivity contribution >= 4 is 18.0 Å². The second-order valence-electron chi connectivity index (χ2n) is 4.49. The van der Waals surface area contributed by atoms with Gasteiger partial charge in [0, 0.05) is 19.5 Å². The maximum absolute atomic E-state index is 11.8. The Balaban J connectivity index is 2.46. The van der Waals surface area contributed by atoms with E-state index >= 15 is 0 Å². The van der Waals surface area contributed by atoms with Crippen LogP contribution in [-0.2, 0) is 9.59 Å². The average Bonchev–Trinajstić information content (AvgIpc) is 2.34. The Morgan fingerprint density at radius 3 is 2.26 bits per heavy atom. The molecule has 0 aliphatic carbocycles. The van der Waals surface area contributed by atoms with Gasteiger partial charge in [0.1, 0.15) is 6.04 Å². The van der Waals surface area contributed by atoms with E-state index in [2.05, 4.69) is 5.32 Å². The number of piperidine rings is 1. The number of aliphatic carboxylic acids is 2. The van der Waals surface area contributed by atoms with Crippen molar-refractivity contribution in [2.45, 2.75) is 37.8 Å².